The summed E-state index contributed by atoms with van der Waals surface area (Å²) in [4.78, 5) is 12.2. The van der Waals surface area contributed by atoms with Crippen molar-refractivity contribution in [1.82, 2.24) is 9.97 Å². The van der Waals surface area contributed by atoms with Crippen molar-refractivity contribution in [2.75, 3.05) is 6.54 Å². The fraction of sp³-hybridized carbons (Fsp3) is 0.158. The molecule has 3 nitrogen and oxygen atoms in total. The Morgan fingerprint density at radius 2 is 2.14 bits per heavy atom. The number of nitrogens with zero attached hydrogens (tertiary/aromatic N) is 2. The molecule has 0 bridgehead atoms. The summed E-state index contributed by atoms with van der Waals surface area (Å²) < 4.78 is 0. The SMILES string of the molecule is C(=C1/CCCN=C1c1cccnc1)/c1ccc2cc[nH]c2c1. The summed E-state index contributed by atoms with van der Waals surface area (Å²) >= 11 is 0. The zero-order valence-electron chi connectivity index (χ0n) is 12.3. The number of hydrogen-bond donors (Lipinski definition) is 1. The van der Waals surface area contributed by atoms with Crippen molar-refractivity contribution in [3.05, 3.63) is 71.7 Å². The van der Waals surface area contributed by atoms with E-state index in [1.54, 1.807) is 6.20 Å². The van der Waals surface area contributed by atoms with Gasteiger partial charge in [0.25, 0.3) is 0 Å². The van der Waals surface area contributed by atoms with E-state index in [9.17, 15) is 0 Å². The van der Waals surface area contributed by atoms with Gasteiger partial charge in [0.1, 0.15) is 0 Å². The van der Waals surface area contributed by atoms with Gasteiger partial charge in [0.05, 0.1) is 5.71 Å². The second kappa shape index (κ2) is 5.60. The number of hydrogen-bond acceptors (Lipinski definition) is 2. The average Bonchev–Trinajstić information content (AvgIpc) is 3.04. The molecule has 1 aliphatic heterocycles. The van der Waals surface area contributed by atoms with E-state index in [-0.39, 0.29) is 0 Å². The van der Waals surface area contributed by atoms with Crippen molar-refractivity contribution in [2.24, 2.45) is 4.99 Å². The maximum Gasteiger partial charge on any atom is 0.0694 e. The third-order valence-corrected chi connectivity index (χ3v) is 4.03. The molecule has 0 amide bonds. The van der Waals surface area contributed by atoms with Crippen LogP contribution >= 0.6 is 0 Å². The van der Waals surface area contributed by atoms with Crippen LogP contribution in [0.2, 0.25) is 0 Å². The standard InChI is InChI=1S/C19H17N3/c1-4-17(13-20-8-1)19-16(3-2-9-22-19)11-14-5-6-15-7-10-21-18(15)12-14/h1,4-8,10-13,21H,2-3,9H2/b16-11+. The molecule has 3 heteroatoms. The monoisotopic (exact) mass is 287 g/mol. The lowest BCUT2D eigenvalue weighted by molar-refractivity contribution is 0.818. The minimum Gasteiger partial charge on any atom is -0.361 e. The summed E-state index contributed by atoms with van der Waals surface area (Å²) in [7, 11) is 0. The van der Waals surface area contributed by atoms with Gasteiger partial charge in [0.15, 0.2) is 0 Å². The highest BCUT2D eigenvalue weighted by Gasteiger charge is 2.14. The van der Waals surface area contributed by atoms with E-state index >= 15 is 0 Å². The maximum atomic E-state index is 4.73. The van der Waals surface area contributed by atoms with Crippen molar-refractivity contribution >= 4 is 22.7 Å². The molecule has 0 atom stereocenters. The van der Waals surface area contributed by atoms with E-state index in [0.29, 0.717) is 0 Å². The topological polar surface area (TPSA) is 41.0 Å². The van der Waals surface area contributed by atoms with Crippen LogP contribution in [0.3, 0.4) is 0 Å². The van der Waals surface area contributed by atoms with Gasteiger partial charge in [-0.25, -0.2) is 0 Å². The first-order chi connectivity index (χ1) is 10.9. The highest BCUT2D eigenvalue weighted by molar-refractivity contribution is 6.15. The van der Waals surface area contributed by atoms with Gasteiger partial charge >= 0.3 is 0 Å². The fourth-order valence-corrected chi connectivity index (χ4v) is 2.96. The molecule has 1 N–H and O–H groups in total. The van der Waals surface area contributed by atoms with Crippen LogP contribution in [0.1, 0.15) is 24.0 Å². The Bertz CT molecular complexity index is 857. The van der Waals surface area contributed by atoms with Gasteiger partial charge in [-0.05, 0) is 59.7 Å². The zero-order chi connectivity index (χ0) is 14.8. The van der Waals surface area contributed by atoms with Crippen molar-refractivity contribution in [3.8, 4) is 0 Å². The lowest BCUT2D eigenvalue weighted by Crippen LogP contribution is -2.11. The van der Waals surface area contributed by atoms with Crippen LogP contribution in [0.15, 0.2) is 65.6 Å². The number of rotatable bonds is 2. The van der Waals surface area contributed by atoms with Crippen molar-refractivity contribution < 1.29 is 0 Å². The van der Waals surface area contributed by atoms with Crippen LogP contribution in [0, 0.1) is 0 Å². The van der Waals surface area contributed by atoms with Crippen LogP contribution in [-0.2, 0) is 0 Å². The van der Waals surface area contributed by atoms with Gasteiger partial charge in [-0.3, -0.25) is 9.98 Å². The number of benzene rings is 1. The lowest BCUT2D eigenvalue weighted by atomic mass is 9.95. The van der Waals surface area contributed by atoms with Crippen LogP contribution in [0.5, 0.6) is 0 Å². The third kappa shape index (κ3) is 2.46. The molecule has 0 aliphatic carbocycles. The summed E-state index contributed by atoms with van der Waals surface area (Å²) in [6.45, 7) is 0.900. The summed E-state index contributed by atoms with van der Waals surface area (Å²) in [5.74, 6) is 0. The Morgan fingerprint density at radius 1 is 1.14 bits per heavy atom. The van der Waals surface area contributed by atoms with Gasteiger partial charge in [0, 0.05) is 36.2 Å². The van der Waals surface area contributed by atoms with Crippen molar-refractivity contribution in [1.29, 1.82) is 0 Å². The Kier molecular flexibility index (Phi) is 3.31. The maximum absolute atomic E-state index is 4.73. The van der Waals surface area contributed by atoms with Crippen LogP contribution in [0.4, 0.5) is 0 Å². The number of H-pyrrole nitrogens is 1. The molecule has 0 spiro atoms. The number of fused-ring (bicyclic) bond motifs is 1. The van der Waals surface area contributed by atoms with Crippen LogP contribution in [0.25, 0.3) is 17.0 Å². The second-order valence-electron chi connectivity index (χ2n) is 5.57. The van der Waals surface area contributed by atoms with Crippen LogP contribution in [-0.4, -0.2) is 22.2 Å². The van der Waals surface area contributed by atoms with E-state index in [1.807, 2.05) is 18.5 Å². The molecule has 1 aromatic carbocycles. The molecule has 2 aromatic heterocycles. The van der Waals surface area contributed by atoms with E-state index in [0.717, 1.165) is 30.7 Å². The number of pyridine rings is 1. The van der Waals surface area contributed by atoms with Crippen molar-refractivity contribution in [2.45, 2.75) is 12.8 Å². The summed E-state index contributed by atoms with van der Waals surface area (Å²) in [5.41, 5.74) is 5.87. The first kappa shape index (κ1) is 13.0. The number of nitrogens with one attached hydrogen (secondary N) is 1. The van der Waals surface area contributed by atoms with Gasteiger partial charge in [-0.2, -0.15) is 0 Å². The van der Waals surface area contributed by atoms with Crippen molar-refractivity contribution in [3.63, 3.8) is 0 Å². The van der Waals surface area contributed by atoms with E-state index in [1.165, 1.54) is 22.0 Å². The molecule has 3 heterocycles. The number of aromatic amines is 1. The number of aliphatic imine (C=N–C) groups is 1. The van der Waals surface area contributed by atoms with Gasteiger partial charge in [0.2, 0.25) is 0 Å². The smallest absolute Gasteiger partial charge is 0.0694 e. The fourth-order valence-electron chi connectivity index (χ4n) is 2.96. The summed E-state index contributed by atoms with van der Waals surface area (Å²) in [5, 5.41) is 1.24. The zero-order valence-corrected chi connectivity index (χ0v) is 12.3. The Balaban J connectivity index is 1.75. The molecular weight excluding hydrogens is 270 g/mol. The average molecular weight is 287 g/mol. The Morgan fingerprint density at radius 3 is 3.05 bits per heavy atom. The van der Waals surface area contributed by atoms with E-state index in [4.69, 9.17) is 4.99 Å². The predicted octanol–water partition coefficient (Wildman–Crippen LogP) is 4.23. The molecule has 0 saturated heterocycles. The molecule has 0 unspecified atom stereocenters. The number of allylic oxidation sites excluding steroid dienone is 1. The predicted molar refractivity (Wildman–Crippen MR) is 91.2 cm³/mol. The molecule has 0 fully saturated rings. The number of aromatic nitrogens is 2. The summed E-state index contributed by atoms with van der Waals surface area (Å²) in [6.07, 6.45) is 10.1. The molecule has 108 valence electrons. The van der Waals surface area contributed by atoms with Crippen LogP contribution < -0.4 is 0 Å². The molecule has 0 radical (unpaired) electrons. The molecule has 22 heavy (non-hydrogen) atoms. The molecule has 4 rings (SSSR count). The summed E-state index contributed by atoms with van der Waals surface area (Å²) in [6, 6.07) is 12.7. The molecular formula is C19H17N3. The third-order valence-electron chi connectivity index (χ3n) is 4.03. The first-order valence-electron chi connectivity index (χ1n) is 7.63. The van der Waals surface area contributed by atoms with Gasteiger partial charge < -0.3 is 4.98 Å². The minimum absolute atomic E-state index is 0.900. The first-order valence-corrected chi connectivity index (χ1v) is 7.63. The molecule has 0 saturated carbocycles. The normalized spacial score (nSPS) is 16.9. The Labute approximate surface area is 129 Å². The Hall–Kier alpha value is -2.68. The highest BCUT2D eigenvalue weighted by Crippen LogP contribution is 2.23. The quantitative estimate of drug-likeness (QED) is 0.753. The second-order valence-corrected chi connectivity index (χ2v) is 5.57. The van der Waals surface area contributed by atoms with E-state index < -0.39 is 0 Å². The van der Waals surface area contributed by atoms with E-state index in [2.05, 4.69) is 46.4 Å². The highest BCUT2D eigenvalue weighted by atomic mass is 14.8. The van der Waals surface area contributed by atoms with Gasteiger partial charge in [-0.1, -0.05) is 12.1 Å². The van der Waals surface area contributed by atoms with Gasteiger partial charge in [-0.15, -0.1) is 0 Å². The molecule has 1 aliphatic rings. The largest absolute Gasteiger partial charge is 0.361 e. The lowest BCUT2D eigenvalue weighted by Gasteiger charge is -2.16. The minimum atomic E-state index is 0.900. The molecule has 3 aromatic rings.